The summed E-state index contributed by atoms with van der Waals surface area (Å²) in [6, 6.07) is 1.58. The second kappa shape index (κ2) is 5.31. The summed E-state index contributed by atoms with van der Waals surface area (Å²) in [6.07, 6.45) is 4.75. The third kappa shape index (κ3) is 3.55. The molecule has 0 aliphatic carbocycles. The van der Waals surface area contributed by atoms with Gasteiger partial charge in [0.25, 0.3) is 0 Å². The molecule has 5 nitrogen and oxygen atoms in total. The Kier molecular flexibility index (Phi) is 4.05. The number of rotatable bonds is 4. The third-order valence-electron chi connectivity index (χ3n) is 1.93. The van der Waals surface area contributed by atoms with E-state index in [0.29, 0.717) is 0 Å². The SMILES string of the molecule is CC(CO)NC(=O)/C=C/c1ccnn1C. The fourth-order valence-electron chi connectivity index (χ4n) is 1.05. The lowest BCUT2D eigenvalue weighted by Gasteiger charge is -2.07. The lowest BCUT2D eigenvalue weighted by molar-refractivity contribution is -0.117. The van der Waals surface area contributed by atoms with Gasteiger partial charge in [0.2, 0.25) is 5.91 Å². The zero-order valence-electron chi connectivity index (χ0n) is 8.84. The highest BCUT2D eigenvalue weighted by molar-refractivity contribution is 5.91. The fraction of sp³-hybridized carbons (Fsp3) is 0.400. The molecule has 15 heavy (non-hydrogen) atoms. The van der Waals surface area contributed by atoms with Gasteiger partial charge in [-0.25, -0.2) is 0 Å². The molecular weight excluding hydrogens is 194 g/mol. The Hall–Kier alpha value is -1.62. The second-order valence-electron chi connectivity index (χ2n) is 3.31. The summed E-state index contributed by atoms with van der Waals surface area (Å²) in [5.74, 6) is -0.224. The van der Waals surface area contributed by atoms with Crippen molar-refractivity contribution in [3.05, 3.63) is 24.0 Å². The van der Waals surface area contributed by atoms with Crippen LogP contribution >= 0.6 is 0 Å². The summed E-state index contributed by atoms with van der Waals surface area (Å²) in [4.78, 5) is 11.3. The van der Waals surface area contributed by atoms with Crippen LogP contribution in [0.25, 0.3) is 6.08 Å². The standard InChI is InChI=1S/C10H15N3O2/c1-8(7-14)12-10(15)4-3-9-5-6-11-13(9)2/h3-6,8,14H,7H2,1-2H3,(H,12,15)/b4-3+. The lowest BCUT2D eigenvalue weighted by atomic mass is 10.3. The number of nitrogens with one attached hydrogen (secondary N) is 1. The molecule has 1 heterocycles. The molecule has 0 saturated heterocycles. The highest BCUT2D eigenvalue weighted by Crippen LogP contribution is 1.98. The highest BCUT2D eigenvalue weighted by Gasteiger charge is 2.02. The van der Waals surface area contributed by atoms with E-state index in [-0.39, 0.29) is 18.6 Å². The van der Waals surface area contributed by atoms with Gasteiger partial charge >= 0.3 is 0 Å². The average Bonchev–Trinajstić information content (AvgIpc) is 2.61. The Morgan fingerprint density at radius 1 is 1.80 bits per heavy atom. The van der Waals surface area contributed by atoms with Crippen LogP contribution in [0, 0.1) is 0 Å². The molecule has 82 valence electrons. The molecule has 1 unspecified atom stereocenters. The number of amides is 1. The molecule has 0 spiro atoms. The number of nitrogens with zero attached hydrogens (tertiary/aromatic N) is 2. The zero-order valence-corrected chi connectivity index (χ0v) is 8.84. The number of carbonyl (C=O) groups is 1. The summed E-state index contributed by atoms with van der Waals surface area (Å²) in [5.41, 5.74) is 0.849. The van der Waals surface area contributed by atoms with E-state index < -0.39 is 0 Å². The van der Waals surface area contributed by atoms with Gasteiger partial charge in [-0.05, 0) is 19.1 Å². The first-order valence-corrected chi connectivity index (χ1v) is 4.71. The van der Waals surface area contributed by atoms with Gasteiger partial charge in [-0.2, -0.15) is 5.10 Å². The molecule has 2 N–H and O–H groups in total. The molecule has 0 aliphatic rings. The van der Waals surface area contributed by atoms with Crippen LogP contribution in [0.1, 0.15) is 12.6 Å². The summed E-state index contributed by atoms with van der Waals surface area (Å²) < 4.78 is 1.67. The van der Waals surface area contributed by atoms with Crippen molar-refractivity contribution in [3.63, 3.8) is 0 Å². The maximum Gasteiger partial charge on any atom is 0.244 e. The second-order valence-corrected chi connectivity index (χ2v) is 3.31. The van der Waals surface area contributed by atoms with Gasteiger partial charge in [0.05, 0.1) is 12.3 Å². The first-order chi connectivity index (χ1) is 7.13. The van der Waals surface area contributed by atoms with Crippen LogP contribution in [0.4, 0.5) is 0 Å². The van der Waals surface area contributed by atoms with Gasteiger partial charge in [0.15, 0.2) is 0 Å². The van der Waals surface area contributed by atoms with Crippen molar-refractivity contribution in [1.82, 2.24) is 15.1 Å². The van der Waals surface area contributed by atoms with Crippen LogP contribution in [0.3, 0.4) is 0 Å². The molecule has 1 amide bonds. The molecule has 0 radical (unpaired) electrons. The van der Waals surface area contributed by atoms with Crippen molar-refractivity contribution in [2.45, 2.75) is 13.0 Å². The van der Waals surface area contributed by atoms with Crippen molar-refractivity contribution in [3.8, 4) is 0 Å². The molecule has 1 atom stereocenters. The summed E-state index contributed by atoms with van der Waals surface area (Å²) in [6.45, 7) is 1.67. The van der Waals surface area contributed by atoms with Crippen molar-refractivity contribution in [2.24, 2.45) is 7.05 Å². The predicted molar refractivity (Wildman–Crippen MR) is 56.9 cm³/mol. The molecule has 0 fully saturated rings. The van der Waals surface area contributed by atoms with Gasteiger partial charge in [0, 0.05) is 25.4 Å². The Labute approximate surface area is 88.4 Å². The van der Waals surface area contributed by atoms with Gasteiger partial charge < -0.3 is 10.4 Å². The number of aromatic nitrogens is 2. The minimum absolute atomic E-state index is 0.0642. The molecular formula is C10H15N3O2. The Balaban J connectivity index is 2.51. The normalized spacial score (nSPS) is 13.0. The van der Waals surface area contributed by atoms with Crippen LogP contribution in [0.2, 0.25) is 0 Å². The monoisotopic (exact) mass is 209 g/mol. The number of aliphatic hydroxyl groups excluding tert-OH is 1. The number of aryl methyl sites for hydroxylation is 1. The van der Waals surface area contributed by atoms with Crippen LogP contribution in [-0.2, 0) is 11.8 Å². The molecule has 1 rings (SSSR count). The van der Waals surface area contributed by atoms with E-state index >= 15 is 0 Å². The predicted octanol–water partition coefficient (Wildman–Crippen LogP) is -0.0697. The molecule has 0 aliphatic heterocycles. The maximum atomic E-state index is 11.3. The van der Waals surface area contributed by atoms with E-state index in [1.165, 1.54) is 6.08 Å². The van der Waals surface area contributed by atoms with Crippen LogP contribution in [0.5, 0.6) is 0 Å². The highest BCUT2D eigenvalue weighted by atomic mass is 16.3. The lowest BCUT2D eigenvalue weighted by Crippen LogP contribution is -2.33. The van der Waals surface area contributed by atoms with Crippen molar-refractivity contribution in [2.75, 3.05) is 6.61 Å². The minimum atomic E-state index is -0.228. The first kappa shape index (κ1) is 11.5. The largest absolute Gasteiger partial charge is 0.394 e. The number of aliphatic hydroxyl groups is 1. The van der Waals surface area contributed by atoms with Crippen LogP contribution < -0.4 is 5.32 Å². The minimum Gasteiger partial charge on any atom is -0.394 e. The number of hydrogen-bond donors (Lipinski definition) is 2. The number of carbonyl (C=O) groups excluding carboxylic acids is 1. The van der Waals surface area contributed by atoms with E-state index in [9.17, 15) is 4.79 Å². The quantitative estimate of drug-likeness (QED) is 0.682. The maximum absolute atomic E-state index is 11.3. The molecule has 0 bridgehead atoms. The van der Waals surface area contributed by atoms with Crippen molar-refractivity contribution >= 4 is 12.0 Å². The van der Waals surface area contributed by atoms with Gasteiger partial charge in [0.1, 0.15) is 0 Å². The van der Waals surface area contributed by atoms with Gasteiger partial charge in [-0.3, -0.25) is 9.48 Å². The molecule has 0 aromatic carbocycles. The Morgan fingerprint density at radius 2 is 2.53 bits per heavy atom. The van der Waals surface area contributed by atoms with Crippen molar-refractivity contribution in [1.29, 1.82) is 0 Å². The smallest absolute Gasteiger partial charge is 0.244 e. The van der Waals surface area contributed by atoms with Gasteiger partial charge in [-0.15, -0.1) is 0 Å². The summed E-state index contributed by atoms with van der Waals surface area (Å²) in [5, 5.41) is 15.3. The van der Waals surface area contributed by atoms with E-state index in [0.717, 1.165) is 5.69 Å². The van der Waals surface area contributed by atoms with Crippen molar-refractivity contribution < 1.29 is 9.90 Å². The average molecular weight is 209 g/mol. The summed E-state index contributed by atoms with van der Waals surface area (Å²) in [7, 11) is 1.80. The van der Waals surface area contributed by atoms with Crippen LogP contribution in [-0.4, -0.2) is 33.4 Å². The molecule has 5 heteroatoms. The molecule has 1 aromatic heterocycles. The summed E-state index contributed by atoms with van der Waals surface area (Å²) >= 11 is 0. The van der Waals surface area contributed by atoms with E-state index in [2.05, 4.69) is 10.4 Å². The Morgan fingerprint density at radius 3 is 3.07 bits per heavy atom. The first-order valence-electron chi connectivity index (χ1n) is 4.71. The molecule has 0 saturated carbocycles. The van der Waals surface area contributed by atoms with E-state index in [4.69, 9.17) is 5.11 Å². The zero-order chi connectivity index (χ0) is 11.3. The fourth-order valence-corrected chi connectivity index (χ4v) is 1.05. The van der Waals surface area contributed by atoms with E-state index in [1.54, 1.807) is 37.0 Å². The van der Waals surface area contributed by atoms with Gasteiger partial charge in [-0.1, -0.05) is 0 Å². The van der Waals surface area contributed by atoms with Crippen LogP contribution in [0.15, 0.2) is 18.3 Å². The van der Waals surface area contributed by atoms with E-state index in [1.807, 2.05) is 0 Å². The number of hydrogen-bond acceptors (Lipinski definition) is 3. The Bertz CT molecular complexity index is 357. The topological polar surface area (TPSA) is 67.2 Å². The third-order valence-corrected chi connectivity index (χ3v) is 1.93. The molecule has 1 aromatic rings.